The Balaban J connectivity index is 1.83. The summed E-state index contributed by atoms with van der Waals surface area (Å²) in [7, 11) is 0. The first-order valence-electron chi connectivity index (χ1n) is 7.18. The fraction of sp³-hybridized carbons (Fsp3) is 0.353. The van der Waals surface area contributed by atoms with E-state index in [1.54, 1.807) is 0 Å². The highest BCUT2D eigenvalue weighted by Crippen LogP contribution is 2.28. The molecular weight excluding hydrogens is 234 g/mol. The number of ketones is 1. The number of carbonyl (C=O) groups excluding carboxylic acids is 1. The van der Waals surface area contributed by atoms with Crippen LogP contribution in [-0.4, -0.2) is 10.4 Å². The van der Waals surface area contributed by atoms with Crippen LogP contribution in [0.5, 0.6) is 0 Å². The standard InChI is InChI=1S/C17H17NO/c19-17-6-2-5-16-15(17)9-10-18(16)14-8-7-12-3-1-4-13(12)11-14/h7-11H,1-6H2. The van der Waals surface area contributed by atoms with Gasteiger partial charge in [-0.1, -0.05) is 6.07 Å². The summed E-state index contributed by atoms with van der Waals surface area (Å²) in [6, 6.07) is 8.75. The van der Waals surface area contributed by atoms with E-state index in [0.29, 0.717) is 12.2 Å². The molecule has 2 heteroatoms. The molecule has 0 atom stereocenters. The van der Waals surface area contributed by atoms with Crippen LogP contribution in [0.4, 0.5) is 0 Å². The van der Waals surface area contributed by atoms with Crippen molar-refractivity contribution in [1.82, 2.24) is 4.57 Å². The largest absolute Gasteiger partial charge is 0.320 e. The molecule has 0 bridgehead atoms. The summed E-state index contributed by atoms with van der Waals surface area (Å²) in [4.78, 5) is 11.9. The smallest absolute Gasteiger partial charge is 0.164 e. The highest BCUT2D eigenvalue weighted by Gasteiger charge is 2.21. The van der Waals surface area contributed by atoms with Crippen LogP contribution >= 0.6 is 0 Å². The molecule has 0 N–H and O–H groups in total. The highest BCUT2D eigenvalue weighted by molar-refractivity contribution is 5.98. The lowest BCUT2D eigenvalue weighted by Crippen LogP contribution is -2.12. The van der Waals surface area contributed by atoms with Crippen LogP contribution in [0.25, 0.3) is 5.69 Å². The van der Waals surface area contributed by atoms with Gasteiger partial charge in [-0.15, -0.1) is 0 Å². The Labute approximate surface area is 113 Å². The second-order valence-electron chi connectivity index (χ2n) is 5.63. The van der Waals surface area contributed by atoms with Crippen molar-refractivity contribution >= 4 is 5.78 Å². The topological polar surface area (TPSA) is 22.0 Å². The van der Waals surface area contributed by atoms with Gasteiger partial charge in [0, 0.05) is 29.6 Å². The molecule has 2 aromatic rings. The monoisotopic (exact) mass is 251 g/mol. The molecular formula is C17H17NO. The second-order valence-corrected chi connectivity index (χ2v) is 5.63. The predicted molar refractivity (Wildman–Crippen MR) is 75.1 cm³/mol. The van der Waals surface area contributed by atoms with E-state index in [2.05, 4.69) is 29.0 Å². The fourth-order valence-electron chi connectivity index (χ4n) is 3.48. The summed E-state index contributed by atoms with van der Waals surface area (Å²) >= 11 is 0. The van der Waals surface area contributed by atoms with Crippen LogP contribution in [0.15, 0.2) is 30.5 Å². The predicted octanol–water partition coefficient (Wildman–Crippen LogP) is 3.49. The first-order chi connectivity index (χ1) is 9.33. The lowest BCUT2D eigenvalue weighted by molar-refractivity contribution is 0.0972. The van der Waals surface area contributed by atoms with Crippen molar-refractivity contribution < 1.29 is 4.79 Å². The lowest BCUT2D eigenvalue weighted by atomic mass is 9.96. The van der Waals surface area contributed by atoms with Crippen molar-refractivity contribution in [3.63, 3.8) is 0 Å². The number of benzene rings is 1. The van der Waals surface area contributed by atoms with E-state index in [9.17, 15) is 4.79 Å². The molecule has 0 amide bonds. The average molecular weight is 251 g/mol. The van der Waals surface area contributed by atoms with Gasteiger partial charge in [0.15, 0.2) is 5.78 Å². The van der Waals surface area contributed by atoms with Crippen LogP contribution in [0.2, 0.25) is 0 Å². The number of rotatable bonds is 1. The molecule has 2 aliphatic rings. The molecule has 0 spiro atoms. The van der Waals surface area contributed by atoms with Crippen LogP contribution in [0, 0.1) is 0 Å². The maximum absolute atomic E-state index is 11.9. The van der Waals surface area contributed by atoms with Gasteiger partial charge in [-0.05, 0) is 61.4 Å². The Kier molecular flexibility index (Phi) is 2.37. The van der Waals surface area contributed by atoms with E-state index in [4.69, 9.17) is 0 Å². The van der Waals surface area contributed by atoms with Gasteiger partial charge in [-0.3, -0.25) is 4.79 Å². The third-order valence-corrected chi connectivity index (χ3v) is 4.47. The number of aryl methyl sites for hydroxylation is 2. The van der Waals surface area contributed by atoms with E-state index in [1.807, 2.05) is 6.07 Å². The summed E-state index contributed by atoms with van der Waals surface area (Å²) in [5.74, 6) is 0.307. The Bertz CT molecular complexity index is 666. The van der Waals surface area contributed by atoms with Gasteiger partial charge in [0.25, 0.3) is 0 Å². The molecule has 1 heterocycles. The van der Waals surface area contributed by atoms with Gasteiger partial charge >= 0.3 is 0 Å². The zero-order valence-corrected chi connectivity index (χ0v) is 11.0. The van der Waals surface area contributed by atoms with Gasteiger partial charge < -0.3 is 4.57 Å². The number of fused-ring (bicyclic) bond motifs is 2. The third kappa shape index (κ3) is 1.66. The summed E-state index contributed by atoms with van der Waals surface area (Å²) in [5.41, 5.74) is 6.35. The molecule has 2 nitrogen and oxygen atoms in total. The lowest BCUT2D eigenvalue weighted by Gasteiger charge is -2.15. The summed E-state index contributed by atoms with van der Waals surface area (Å²) < 4.78 is 2.21. The van der Waals surface area contributed by atoms with Crippen LogP contribution in [0.1, 0.15) is 46.4 Å². The molecule has 1 aromatic heterocycles. The molecule has 2 aliphatic carbocycles. The van der Waals surface area contributed by atoms with Gasteiger partial charge in [0.05, 0.1) is 0 Å². The van der Waals surface area contributed by atoms with Crippen molar-refractivity contribution in [2.45, 2.75) is 38.5 Å². The van der Waals surface area contributed by atoms with Gasteiger partial charge in [-0.25, -0.2) is 0 Å². The van der Waals surface area contributed by atoms with E-state index in [0.717, 1.165) is 18.4 Å². The molecule has 1 aromatic carbocycles. The molecule has 19 heavy (non-hydrogen) atoms. The zero-order chi connectivity index (χ0) is 12.8. The fourth-order valence-corrected chi connectivity index (χ4v) is 3.48. The van der Waals surface area contributed by atoms with Crippen LogP contribution < -0.4 is 0 Å². The molecule has 0 aliphatic heterocycles. The maximum atomic E-state index is 11.9. The van der Waals surface area contributed by atoms with Crippen LogP contribution in [0.3, 0.4) is 0 Å². The third-order valence-electron chi connectivity index (χ3n) is 4.47. The minimum absolute atomic E-state index is 0.307. The number of hydrogen-bond acceptors (Lipinski definition) is 1. The number of carbonyl (C=O) groups is 1. The van der Waals surface area contributed by atoms with E-state index in [1.165, 1.54) is 41.8 Å². The second kappa shape index (κ2) is 4.09. The van der Waals surface area contributed by atoms with Crippen molar-refractivity contribution in [3.8, 4) is 5.69 Å². The first-order valence-corrected chi connectivity index (χ1v) is 7.18. The Morgan fingerprint density at radius 2 is 1.74 bits per heavy atom. The van der Waals surface area contributed by atoms with E-state index in [-0.39, 0.29) is 0 Å². The molecule has 0 unspecified atom stereocenters. The highest BCUT2D eigenvalue weighted by atomic mass is 16.1. The molecule has 4 rings (SSSR count). The number of nitrogens with zero attached hydrogens (tertiary/aromatic N) is 1. The SMILES string of the molecule is O=C1CCCc2c1ccn2-c1ccc2c(c1)CCC2. The summed E-state index contributed by atoms with van der Waals surface area (Å²) in [6.07, 6.45) is 8.47. The van der Waals surface area contributed by atoms with E-state index < -0.39 is 0 Å². The number of aromatic nitrogens is 1. The molecule has 0 saturated carbocycles. The van der Waals surface area contributed by atoms with Crippen molar-refractivity contribution in [2.24, 2.45) is 0 Å². The molecule has 96 valence electrons. The Morgan fingerprint density at radius 1 is 0.895 bits per heavy atom. The van der Waals surface area contributed by atoms with Crippen LogP contribution in [-0.2, 0) is 19.3 Å². The summed E-state index contributed by atoms with van der Waals surface area (Å²) in [5, 5.41) is 0. The Morgan fingerprint density at radius 3 is 2.68 bits per heavy atom. The summed E-state index contributed by atoms with van der Waals surface area (Å²) in [6.45, 7) is 0. The van der Waals surface area contributed by atoms with Gasteiger partial charge in [-0.2, -0.15) is 0 Å². The maximum Gasteiger partial charge on any atom is 0.164 e. The van der Waals surface area contributed by atoms with E-state index >= 15 is 0 Å². The van der Waals surface area contributed by atoms with Crippen molar-refractivity contribution in [2.75, 3.05) is 0 Å². The number of Topliss-reactive ketones (excluding diaryl/α,β-unsaturated/α-hetero) is 1. The zero-order valence-electron chi connectivity index (χ0n) is 11.0. The van der Waals surface area contributed by atoms with Crippen molar-refractivity contribution in [3.05, 3.63) is 52.8 Å². The molecule has 0 saturated heterocycles. The van der Waals surface area contributed by atoms with Gasteiger partial charge in [0.2, 0.25) is 0 Å². The Hall–Kier alpha value is -1.83. The minimum Gasteiger partial charge on any atom is -0.320 e. The minimum atomic E-state index is 0.307. The normalized spacial score (nSPS) is 17.4. The molecule has 0 radical (unpaired) electrons. The molecule has 0 fully saturated rings. The van der Waals surface area contributed by atoms with Crippen molar-refractivity contribution in [1.29, 1.82) is 0 Å². The quantitative estimate of drug-likeness (QED) is 0.760. The van der Waals surface area contributed by atoms with Gasteiger partial charge in [0.1, 0.15) is 0 Å². The first kappa shape index (κ1) is 11.0. The average Bonchev–Trinajstić information content (AvgIpc) is 3.04. The number of hydrogen-bond donors (Lipinski definition) is 0.